The minimum absolute atomic E-state index is 0.180. The summed E-state index contributed by atoms with van der Waals surface area (Å²) in [7, 11) is 0. The van der Waals surface area contributed by atoms with Crippen LogP contribution in [0.25, 0.3) is 0 Å². The van der Waals surface area contributed by atoms with Crippen molar-refractivity contribution < 1.29 is 14.2 Å². The zero-order valence-electron chi connectivity index (χ0n) is 26.2. The maximum Gasteiger partial charge on any atom is 0.204 e. The van der Waals surface area contributed by atoms with E-state index in [0.29, 0.717) is 34.3 Å². The Bertz CT molecular complexity index is 1490. The maximum atomic E-state index is 6.38. The van der Waals surface area contributed by atoms with Crippen LogP contribution in [-0.2, 0) is 34.3 Å². The number of alkyl halides is 1. The first-order chi connectivity index (χ1) is 19.5. The summed E-state index contributed by atoms with van der Waals surface area (Å²) in [5.41, 5.74) is 2.74. The van der Waals surface area contributed by atoms with Crippen LogP contribution in [0.5, 0.6) is 17.2 Å². The molecular formula is C29H42IN9O3. The molecule has 0 aliphatic carbocycles. The lowest BCUT2D eigenvalue weighted by Gasteiger charge is -2.22. The van der Waals surface area contributed by atoms with Crippen molar-refractivity contribution in [2.75, 3.05) is 0 Å². The lowest BCUT2D eigenvalue weighted by Crippen LogP contribution is -2.22. The topological polar surface area (TPSA) is 120 Å². The van der Waals surface area contributed by atoms with Crippen LogP contribution in [0, 0.1) is 0 Å². The monoisotopic (exact) mass is 691 g/mol. The van der Waals surface area contributed by atoms with Gasteiger partial charge in [-0.05, 0) is 86.9 Å². The summed E-state index contributed by atoms with van der Waals surface area (Å²) >= 11 is 2.41. The molecular weight excluding hydrogens is 649 g/mol. The molecule has 0 aliphatic heterocycles. The van der Waals surface area contributed by atoms with Gasteiger partial charge in [0.05, 0.1) is 29.7 Å². The molecule has 0 spiro atoms. The van der Waals surface area contributed by atoms with Gasteiger partial charge in [-0.25, -0.2) is 14.0 Å². The molecule has 0 radical (unpaired) electrons. The molecule has 3 heterocycles. The summed E-state index contributed by atoms with van der Waals surface area (Å²) in [4.78, 5) is 0. The third-order valence-electron chi connectivity index (χ3n) is 6.37. The number of hydrogen-bond acceptors (Lipinski definition) is 9. The van der Waals surface area contributed by atoms with Crippen LogP contribution < -0.4 is 14.2 Å². The van der Waals surface area contributed by atoms with Gasteiger partial charge < -0.3 is 14.2 Å². The summed E-state index contributed by atoms with van der Waals surface area (Å²) in [5, 5.41) is 25.6. The fraction of sp³-hybridized carbons (Fsp3) is 0.586. The van der Waals surface area contributed by atoms with Crippen LogP contribution >= 0.6 is 22.6 Å². The predicted octanol–water partition coefficient (Wildman–Crippen LogP) is 5.96. The highest BCUT2D eigenvalue weighted by Gasteiger charge is 2.25. The molecule has 0 aliphatic rings. The molecule has 4 aromatic rings. The molecule has 1 aromatic carbocycles. The second-order valence-electron chi connectivity index (χ2n) is 13.1. The van der Waals surface area contributed by atoms with Crippen LogP contribution in [0.2, 0.25) is 0 Å². The molecule has 0 saturated carbocycles. The van der Waals surface area contributed by atoms with Gasteiger partial charge in [-0.1, -0.05) is 38.2 Å². The van der Waals surface area contributed by atoms with Gasteiger partial charge >= 0.3 is 0 Å². The molecule has 0 N–H and O–H groups in total. The first kappa shape index (κ1) is 31.7. The summed E-state index contributed by atoms with van der Waals surface area (Å²) in [5.74, 6) is 1.53. The maximum absolute atomic E-state index is 6.38. The van der Waals surface area contributed by atoms with Crippen molar-refractivity contribution in [2.24, 2.45) is 0 Å². The lowest BCUT2D eigenvalue weighted by molar-refractivity contribution is 0.225. The average molecular weight is 692 g/mol. The zero-order chi connectivity index (χ0) is 30.9. The van der Waals surface area contributed by atoms with E-state index in [2.05, 4.69) is 123 Å². The van der Waals surface area contributed by atoms with E-state index in [4.69, 9.17) is 14.2 Å². The van der Waals surface area contributed by atoms with Crippen molar-refractivity contribution in [3.05, 3.63) is 53.4 Å². The summed E-state index contributed by atoms with van der Waals surface area (Å²) < 4.78 is 24.3. The summed E-state index contributed by atoms with van der Waals surface area (Å²) in [6.07, 6.45) is 5.67. The van der Waals surface area contributed by atoms with Gasteiger partial charge in [0.15, 0.2) is 11.5 Å². The van der Waals surface area contributed by atoms with E-state index in [0.717, 1.165) is 5.56 Å². The standard InChI is InChI=1S/C29H42IN9O3/c1-19(2)37-13-21(31-34-37)16-40-24-11-20(29(9,10)30)12-25(41-17-22-14-38(35-32-22)27(3,4)5)26(24)42-18-23-15-39(36-33-23)28(6,7)8/h11-15,19H,16-18H2,1-10H3. The van der Waals surface area contributed by atoms with E-state index in [1.54, 1.807) is 4.68 Å². The quantitative estimate of drug-likeness (QED) is 0.139. The lowest BCUT2D eigenvalue weighted by atomic mass is 10.0. The van der Waals surface area contributed by atoms with Crippen molar-refractivity contribution in [1.29, 1.82) is 0 Å². The van der Waals surface area contributed by atoms with E-state index in [-0.39, 0.29) is 40.4 Å². The highest BCUT2D eigenvalue weighted by molar-refractivity contribution is 14.1. The zero-order valence-corrected chi connectivity index (χ0v) is 28.4. The molecule has 13 heteroatoms. The largest absolute Gasteiger partial charge is 0.483 e. The van der Waals surface area contributed by atoms with E-state index in [1.807, 2.05) is 40.1 Å². The molecule has 0 bridgehead atoms. The Morgan fingerprint density at radius 3 is 1.48 bits per heavy atom. The first-order valence-electron chi connectivity index (χ1n) is 14.0. The number of rotatable bonds is 11. The number of hydrogen-bond donors (Lipinski definition) is 0. The van der Waals surface area contributed by atoms with Gasteiger partial charge in [0, 0.05) is 9.46 Å². The Kier molecular flexibility index (Phi) is 9.19. The molecule has 228 valence electrons. The number of nitrogens with zero attached hydrogens (tertiary/aromatic N) is 9. The Balaban J connectivity index is 1.67. The molecule has 0 unspecified atom stereocenters. The van der Waals surface area contributed by atoms with E-state index in [9.17, 15) is 0 Å². The number of halogens is 1. The van der Waals surface area contributed by atoms with Crippen molar-refractivity contribution in [3.63, 3.8) is 0 Å². The number of aromatic nitrogens is 9. The average Bonchev–Trinajstić information content (AvgIpc) is 3.64. The van der Waals surface area contributed by atoms with Gasteiger partial charge in [-0.2, -0.15) is 0 Å². The van der Waals surface area contributed by atoms with Crippen LogP contribution in [0.1, 0.15) is 97.9 Å². The molecule has 42 heavy (non-hydrogen) atoms. The fourth-order valence-electron chi connectivity index (χ4n) is 3.74. The van der Waals surface area contributed by atoms with Gasteiger partial charge in [0.1, 0.15) is 36.9 Å². The fourth-order valence-corrected chi connectivity index (χ4v) is 4.05. The van der Waals surface area contributed by atoms with Crippen LogP contribution in [0.4, 0.5) is 0 Å². The number of ether oxygens (including phenoxy) is 3. The first-order valence-corrected chi connectivity index (χ1v) is 15.1. The highest BCUT2D eigenvalue weighted by Crippen LogP contribution is 2.44. The Morgan fingerprint density at radius 2 is 1.10 bits per heavy atom. The molecule has 3 aromatic heterocycles. The summed E-state index contributed by atoms with van der Waals surface area (Å²) in [6, 6.07) is 4.18. The second kappa shape index (κ2) is 12.2. The molecule has 12 nitrogen and oxygen atoms in total. The van der Waals surface area contributed by atoms with Crippen molar-refractivity contribution >= 4 is 22.6 Å². The van der Waals surface area contributed by atoms with Gasteiger partial charge in [-0.15, -0.1) is 15.3 Å². The van der Waals surface area contributed by atoms with Crippen LogP contribution in [0.15, 0.2) is 30.7 Å². The van der Waals surface area contributed by atoms with Crippen molar-refractivity contribution in [2.45, 2.75) is 110 Å². The Hall–Kier alpha value is -3.23. The predicted molar refractivity (Wildman–Crippen MR) is 167 cm³/mol. The third-order valence-corrected chi connectivity index (χ3v) is 6.99. The van der Waals surface area contributed by atoms with E-state index in [1.165, 1.54) is 0 Å². The number of benzene rings is 1. The Labute approximate surface area is 261 Å². The van der Waals surface area contributed by atoms with Crippen molar-refractivity contribution in [1.82, 2.24) is 45.0 Å². The Morgan fingerprint density at radius 1 is 0.667 bits per heavy atom. The van der Waals surface area contributed by atoms with Crippen molar-refractivity contribution in [3.8, 4) is 17.2 Å². The molecule has 0 atom stereocenters. The highest BCUT2D eigenvalue weighted by atomic mass is 127. The van der Waals surface area contributed by atoms with Gasteiger partial charge in [0.2, 0.25) is 5.75 Å². The minimum atomic E-state index is -0.210. The SMILES string of the molecule is CC(C)n1cc(COc2cc(C(C)(C)I)cc(OCc3cn(C(C)(C)C)nn3)c2OCc2cn(C(C)(C)C)nn2)nn1. The molecule has 0 saturated heterocycles. The molecule has 4 rings (SSSR count). The van der Waals surface area contributed by atoms with Crippen LogP contribution in [0.3, 0.4) is 0 Å². The normalized spacial score (nSPS) is 12.7. The third kappa shape index (κ3) is 7.98. The summed E-state index contributed by atoms with van der Waals surface area (Å²) in [6.45, 7) is 21.4. The van der Waals surface area contributed by atoms with Gasteiger partial charge in [-0.3, -0.25) is 0 Å². The molecule has 0 fully saturated rings. The van der Waals surface area contributed by atoms with E-state index >= 15 is 0 Å². The van der Waals surface area contributed by atoms with E-state index < -0.39 is 0 Å². The van der Waals surface area contributed by atoms with Crippen LogP contribution in [-0.4, -0.2) is 45.0 Å². The van der Waals surface area contributed by atoms with Gasteiger partial charge in [0.25, 0.3) is 0 Å². The molecule has 0 amide bonds. The minimum Gasteiger partial charge on any atom is -0.483 e. The smallest absolute Gasteiger partial charge is 0.204 e. The second-order valence-corrected chi connectivity index (χ2v) is 15.8.